The molecule has 2 rings (SSSR count). The molecule has 0 aliphatic rings. The molecule has 1 N–H and O–H groups in total. The van der Waals surface area contributed by atoms with Crippen LogP contribution in [0.1, 0.15) is 10.4 Å². The fourth-order valence-electron chi connectivity index (χ4n) is 1.94. The van der Waals surface area contributed by atoms with Gasteiger partial charge in [-0.3, -0.25) is 19.7 Å². The zero-order chi connectivity index (χ0) is 18.9. The molecule has 0 aliphatic carbocycles. The molecule has 0 atom stereocenters. The third kappa shape index (κ3) is 5.85. The van der Waals surface area contributed by atoms with Crippen molar-refractivity contribution in [3.8, 4) is 0 Å². The average Bonchev–Trinajstić information content (AvgIpc) is 2.64. The minimum atomic E-state index is -0.655. The van der Waals surface area contributed by atoms with Gasteiger partial charge in [0.15, 0.2) is 0 Å². The zero-order valence-corrected chi connectivity index (χ0v) is 14.3. The van der Waals surface area contributed by atoms with Crippen LogP contribution < -0.4 is 5.32 Å². The van der Waals surface area contributed by atoms with Gasteiger partial charge in [0.2, 0.25) is 0 Å². The summed E-state index contributed by atoms with van der Waals surface area (Å²) in [6.07, 6.45) is 0. The number of rotatable bonds is 8. The maximum atomic E-state index is 13.4. The molecule has 2 aromatic rings. The third-order valence-corrected chi connectivity index (χ3v) is 4.17. The van der Waals surface area contributed by atoms with E-state index in [2.05, 4.69) is 5.32 Å². The lowest BCUT2D eigenvalue weighted by Gasteiger charge is -2.07. The van der Waals surface area contributed by atoms with E-state index < -0.39 is 16.8 Å². The van der Waals surface area contributed by atoms with Gasteiger partial charge in [0.25, 0.3) is 11.6 Å². The number of ether oxygens (including phenoxy) is 1. The first-order valence-electron chi connectivity index (χ1n) is 7.53. The molecule has 0 heterocycles. The maximum Gasteiger partial charge on any atom is 0.325 e. The van der Waals surface area contributed by atoms with Crippen LogP contribution in [-0.4, -0.2) is 35.7 Å². The number of esters is 1. The molecule has 0 unspecified atom stereocenters. The first-order valence-corrected chi connectivity index (χ1v) is 8.51. The lowest BCUT2D eigenvalue weighted by molar-refractivity contribution is -0.384. The van der Waals surface area contributed by atoms with Gasteiger partial charge in [-0.05, 0) is 18.2 Å². The summed E-state index contributed by atoms with van der Waals surface area (Å²) in [4.78, 5) is 34.0. The molecule has 0 spiro atoms. The first-order chi connectivity index (χ1) is 12.5. The van der Waals surface area contributed by atoms with E-state index in [1.165, 1.54) is 36.0 Å². The molecule has 26 heavy (non-hydrogen) atoms. The average molecular weight is 378 g/mol. The minimum absolute atomic E-state index is 0.0600. The molecule has 0 aliphatic heterocycles. The van der Waals surface area contributed by atoms with Crippen LogP contribution in [0.2, 0.25) is 0 Å². The lowest BCUT2D eigenvalue weighted by Crippen LogP contribution is -2.31. The second-order valence-electron chi connectivity index (χ2n) is 4.99. The number of carbonyl (C=O) groups excluding carboxylic acids is 2. The van der Waals surface area contributed by atoms with E-state index in [9.17, 15) is 24.1 Å². The number of thioether (sulfide) groups is 1. The van der Waals surface area contributed by atoms with Crippen LogP contribution in [0, 0.1) is 15.9 Å². The number of nitro benzene ring substituents is 1. The van der Waals surface area contributed by atoms with Gasteiger partial charge >= 0.3 is 5.97 Å². The number of nitrogens with zero attached hydrogens (tertiary/aromatic N) is 1. The van der Waals surface area contributed by atoms with Crippen LogP contribution in [0.15, 0.2) is 53.4 Å². The Hall–Kier alpha value is -2.94. The van der Waals surface area contributed by atoms with Gasteiger partial charge in [0, 0.05) is 28.3 Å². The van der Waals surface area contributed by atoms with Crippen molar-refractivity contribution in [1.29, 1.82) is 0 Å². The number of nitrogens with one attached hydrogen (secondary N) is 1. The van der Waals surface area contributed by atoms with E-state index in [1.54, 1.807) is 18.2 Å². The molecule has 0 bridgehead atoms. The van der Waals surface area contributed by atoms with Crippen LogP contribution >= 0.6 is 11.8 Å². The number of halogens is 1. The van der Waals surface area contributed by atoms with E-state index in [1.807, 2.05) is 0 Å². The molecule has 0 saturated carbocycles. The summed E-state index contributed by atoms with van der Waals surface area (Å²) in [5, 5.41) is 13.0. The van der Waals surface area contributed by atoms with Crippen LogP contribution in [0.4, 0.5) is 10.1 Å². The Morgan fingerprint density at radius 1 is 1.19 bits per heavy atom. The zero-order valence-electron chi connectivity index (χ0n) is 13.5. The number of hydrogen-bond donors (Lipinski definition) is 1. The van der Waals surface area contributed by atoms with Crippen molar-refractivity contribution in [2.45, 2.75) is 4.90 Å². The molecular formula is C17H15FN2O5S. The normalized spacial score (nSPS) is 10.2. The SMILES string of the molecule is O=C(CNC(=O)c1cccc([N+](=O)[O-])c1)OCCSc1ccccc1F. The molecule has 0 saturated heterocycles. The van der Waals surface area contributed by atoms with Gasteiger partial charge in [-0.25, -0.2) is 4.39 Å². The number of benzene rings is 2. The highest BCUT2D eigenvalue weighted by molar-refractivity contribution is 7.99. The molecule has 7 nitrogen and oxygen atoms in total. The standard InChI is InChI=1S/C17H15FN2O5S/c18-14-6-1-2-7-15(14)26-9-8-25-16(21)11-19-17(22)12-4-3-5-13(10-12)20(23)24/h1-7,10H,8-9,11H2,(H,19,22). The largest absolute Gasteiger partial charge is 0.463 e. The molecule has 9 heteroatoms. The van der Waals surface area contributed by atoms with Crippen molar-refractivity contribution in [3.63, 3.8) is 0 Å². The highest BCUT2D eigenvalue weighted by Gasteiger charge is 2.13. The van der Waals surface area contributed by atoms with Crippen molar-refractivity contribution >= 4 is 29.3 Å². The smallest absolute Gasteiger partial charge is 0.325 e. The predicted molar refractivity (Wildman–Crippen MR) is 93.5 cm³/mol. The maximum absolute atomic E-state index is 13.4. The highest BCUT2D eigenvalue weighted by Crippen LogP contribution is 2.20. The topological polar surface area (TPSA) is 98.5 Å². The molecule has 0 fully saturated rings. The number of hydrogen-bond acceptors (Lipinski definition) is 6. The van der Waals surface area contributed by atoms with Crippen LogP contribution in [0.5, 0.6) is 0 Å². The van der Waals surface area contributed by atoms with E-state index in [0.29, 0.717) is 10.6 Å². The summed E-state index contributed by atoms with van der Waals surface area (Å²) in [7, 11) is 0. The summed E-state index contributed by atoms with van der Waals surface area (Å²) in [6.45, 7) is -0.309. The number of amides is 1. The number of nitro groups is 1. The Bertz CT molecular complexity index is 815. The summed E-state index contributed by atoms with van der Waals surface area (Å²) in [6, 6.07) is 11.4. The fourth-order valence-corrected chi connectivity index (χ4v) is 2.70. The van der Waals surface area contributed by atoms with Crippen molar-refractivity contribution in [2.24, 2.45) is 0 Å². The van der Waals surface area contributed by atoms with Gasteiger partial charge in [-0.2, -0.15) is 0 Å². The molecule has 136 valence electrons. The van der Waals surface area contributed by atoms with Crippen LogP contribution in [-0.2, 0) is 9.53 Å². The molecule has 0 aromatic heterocycles. The van der Waals surface area contributed by atoms with Gasteiger partial charge < -0.3 is 10.1 Å². The van der Waals surface area contributed by atoms with E-state index >= 15 is 0 Å². The number of carbonyl (C=O) groups is 2. The van der Waals surface area contributed by atoms with Crippen molar-refractivity contribution < 1.29 is 23.6 Å². The van der Waals surface area contributed by atoms with Crippen molar-refractivity contribution in [1.82, 2.24) is 5.32 Å². The Morgan fingerprint density at radius 2 is 1.96 bits per heavy atom. The quantitative estimate of drug-likeness (QED) is 0.249. The predicted octanol–water partition coefficient (Wildman–Crippen LogP) is 2.80. The number of non-ortho nitro benzene ring substituents is 1. The van der Waals surface area contributed by atoms with Crippen molar-refractivity contribution in [3.05, 3.63) is 70.0 Å². The summed E-state index contributed by atoms with van der Waals surface area (Å²) < 4.78 is 18.4. The van der Waals surface area contributed by atoms with Crippen molar-refractivity contribution in [2.75, 3.05) is 18.9 Å². The summed E-state index contributed by atoms with van der Waals surface area (Å²) in [5.74, 6) is -1.25. The van der Waals surface area contributed by atoms with Gasteiger partial charge in [-0.1, -0.05) is 18.2 Å². The van der Waals surface area contributed by atoms with Gasteiger partial charge in [0.05, 0.1) is 4.92 Å². The molecular weight excluding hydrogens is 363 g/mol. The Labute approximate surface area is 152 Å². The Kier molecular flexibility index (Phi) is 7.10. The Balaban J connectivity index is 1.71. The van der Waals surface area contributed by atoms with E-state index in [0.717, 1.165) is 6.07 Å². The minimum Gasteiger partial charge on any atom is -0.463 e. The second kappa shape index (κ2) is 9.52. The second-order valence-corrected chi connectivity index (χ2v) is 6.13. The Morgan fingerprint density at radius 3 is 2.69 bits per heavy atom. The van der Waals surface area contributed by atoms with Gasteiger partial charge in [-0.15, -0.1) is 11.8 Å². The lowest BCUT2D eigenvalue weighted by atomic mass is 10.2. The monoisotopic (exact) mass is 378 g/mol. The fraction of sp³-hybridized carbons (Fsp3) is 0.176. The molecule has 2 aromatic carbocycles. The molecule has 1 amide bonds. The summed E-state index contributed by atoms with van der Waals surface area (Å²) in [5.41, 5.74) is -0.146. The van der Waals surface area contributed by atoms with Crippen LogP contribution in [0.3, 0.4) is 0 Å². The summed E-state index contributed by atoms with van der Waals surface area (Å²) >= 11 is 1.21. The van der Waals surface area contributed by atoms with Crippen LogP contribution in [0.25, 0.3) is 0 Å². The van der Waals surface area contributed by atoms with Gasteiger partial charge in [0.1, 0.15) is 19.0 Å². The molecule has 0 radical (unpaired) electrons. The first kappa shape index (κ1) is 19.4. The van der Waals surface area contributed by atoms with E-state index in [4.69, 9.17) is 4.74 Å². The third-order valence-electron chi connectivity index (χ3n) is 3.15. The highest BCUT2D eigenvalue weighted by atomic mass is 32.2. The van der Waals surface area contributed by atoms with E-state index in [-0.39, 0.29) is 30.2 Å².